The molecular formula is C12H15ClO. The molecule has 0 heterocycles. The molecule has 0 N–H and O–H groups in total. The average molecular weight is 211 g/mol. The van der Waals surface area contributed by atoms with Gasteiger partial charge in [0, 0.05) is 5.54 Å². The molecule has 0 spiro atoms. The Morgan fingerprint density at radius 3 is 2.93 bits per heavy atom. The van der Waals surface area contributed by atoms with Crippen LogP contribution >= 0.6 is 11.6 Å². The smallest absolute Gasteiger partial charge is 0.120 e. The predicted molar refractivity (Wildman–Crippen MR) is 60.9 cm³/mol. The van der Waals surface area contributed by atoms with E-state index >= 15 is 0 Å². The van der Waals surface area contributed by atoms with Gasteiger partial charge in [-0.2, -0.15) is 0 Å². The van der Waals surface area contributed by atoms with Crippen molar-refractivity contribution in [1.29, 1.82) is 0 Å². The molecule has 0 saturated heterocycles. The summed E-state index contributed by atoms with van der Waals surface area (Å²) in [7, 11) is 0. The Morgan fingerprint density at radius 2 is 2.29 bits per heavy atom. The van der Waals surface area contributed by atoms with Crippen LogP contribution in [0.2, 0.25) is 0 Å². The lowest BCUT2D eigenvalue weighted by Crippen LogP contribution is -1.98. The largest absolute Gasteiger partial charge is 0.489 e. The number of benzene rings is 1. The molecule has 0 fully saturated rings. The second kappa shape index (κ2) is 5.71. The van der Waals surface area contributed by atoms with Crippen LogP contribution < -0.4 is 4.74 Å². The van der Waals surface area contributed by atoms with Crippen molar-refractivity contribution < 1.29 is 4.74 Å². The lowest BCUT2D eigenvalue weighted by Gasteiger charge is -2.06. The summed E-state index contributed by atoms with van der Waals surface area (Å²) in [5.41, 5.74) is 3.85. The Morgan fingerprint density at radius 1 is 1.50 bits per heavy atom. The molecule has 1 aromatic rings. The van der Waals surface area contributed by atoms with E-state index in [1.54, 1.807) is 5.54 Å². The molecule has 0 radical (unpaired) electrons. The van der Waals surface area contributed by atoms with Crippen LogP contribution in [0.4, 0.5) is 0 Å². The van der Waals surface area contributed by atoms with E-state index in [2.05, 4.69) is 19.1 Å². The van der Waals surface area contributed by atoms with E-state index in [1.165, 1.54) is 5.56 Å². The predicted octanol–water partition coefficient (Wildman–Crippen LogP) is 3.77. The molecule has 0 bridgehead atoms. The minimum absolute atomic E-state index is 0.552. The van der Waals surface area contributed by atoms with Crippen molar-refractivity contribution in [3.05, 3.63) is 40.9 Å². The molecule has 14 heavy (non-hydrogen) atoms. The Balaban J connectivity index is 2.58. The van der Waals surface area contributed by atoms with Crippen molar-refractivity contribution in [1.82, 2.24) is 0 Å². The molecule has 0 aliphatic rings. The molecule has 0 unspecified atom stereocenters. The standard InChI is InChI=1S/C12H15ClO/c1-3-11-5-4-6-12(7-11)14-9-10(2)8-13/h4-8H,3,9H2,1-2H3/b10-8+. The highest BCUT2D eigenvalue weighted by atomic mass is 35.5. The third-order valence-corrected chi connectivity index (χ3v) is 2.33. The number of halogens is 1. The lowest BCUT2D eigenvalue weighted by atomic mass is 10.2. The van der Waals surface area contributed by atoms with Gasteiger partial charge in [-0.25, -0.2) is 0 Å². The summed E-state index contributed by atoms with van der Waals surface area (Å²) in [5.74, 6) is 0.905. The first kappa shape index (κ1) is 11.1. The Bertz CT molecular complexity index is 318. The van der Waals surface area contributed by atoms with Crippen LogP contribution in [0.3, 0.4) is 0 Å². The van der Waals surface area contributed by atoms with Crippen molar-refractivity contribution >= 4 is 11.6 Å². The SMILES string of the molecule is CCc1cccc(OC/C(C)=C/Cl)c1. The first-order chi connectivity index (χ1) is 6.76. The van der Waals surface area contributed by atoms with Gasteiger partial charge in [0.25, 0.3) is 0 Å². The second-order valence-electron chi connectivity index (χ2n) is 3.25. The molecule has 76 valence electrons. The second-order valence-corrected chi connectivity index (χ2v) is 3.46. The van der Waals surface area contributed by atoms with Crippen LogP contribution in [-0.4, -0.2) is 6.61 Å². The number of hydrogen-bond donors (Lipinski definition) is 0. The summed E-state index contributed by atoms with van der Waals surface area (Å²) in [6.07, 6.45) is 1.03. The van der Waals surface area contributed by atoms with Gasteiger partial charge in [-0.3, -0.25) is 0 Å². The minimum Gasteiger partial charge on any atom is -0.489 e. The number of ether oxygens (including phenoxy) is 1. The van der Waals surface area contributed by atoms with Gasteiger partial charge in [0.1, 0.15) is 12.4 Å². The molecule has 0 amide bonds. The average Bonchev–Trinajstić information content (AvgIpc) is 2.26. The van der Waals surface area contributed by atoms with Crippen molar-refractivity contribution in [2.45, 2.75) is 20.3 Å². The van der Waals surface area contributed by atoms with E-state index < -0.39 is 0 Å². The van der Waals surface area contributed by atoms with Gasteiger partial charge in [-0.1, -0.05) is 30.7 Å². The van der Waals surface area contributed by atoms with Crippen LogP contribution in [0, 0.1) is 0 Å². The summed E-state index contributed by atoms with van der Waals surface area (Å²) in [4.78, 5) is 0. The fraction of sp³-hybridized carbons (Fsp3) is 0.333. The topological polar surface area (TPSA) is 9.23 Å². The van der Waals surface area contributed by atoms with Gasteiger partial charge < -0.3 is 4.74 Å². The first-order valence-corrected chi connectivity index (χ1v) is 5.17. The molecule has 1 aromatic carbocycles. The third-order valence-electron chi connectivity index (χ3n) is 1.96. The van der Waals surface area contributed by atoms with E-state index in [1.807, 2.05) is 19.1 Å². The van der Waals surface area contributed by atoms with Gasteiger partial charge in [-0.05, 0) is 36.6 Å². The van der Waals surface area contributed by atoms with Crippen LogP contribution in [0.5, 0.6) is 5.75 Å². The molecule has 0 atom stereocenters. The van der Waals surface area contributed by atoms with E-state index in [9.17, 15) is 0 Å². The molecule has 0 saturated carbocycles. The van der Waals surface area contributed by atoms with E-state index in [4.69, 9.17) is 16.3 Å². The van der Waals surface area contributed by atoms with E-state index in [0.29, 0.717) is 6.61 Å². The maximum Gasteiger partial charge on any atom is 0.120 e. The molecule has 1 rings (SSSR count). The number of rotatable bonds is 4. The molecule has 0 aliphatic carbocycles. The third kappa shape index (κ3) is 3.43. The zero-order valence-electron chi connectivity index (χ0n) is 8.59. The van der Waals surface area contributed by atoms with E-state index in [-0.39, 0.29) is 0 Å². The van der Waals surface area contributed by atoms with Crippen LogP contribution in [0.15, 0.2) is 35.4 Å². The highest BCUT2D eigenvalue weighted by molar-refractivity contribution is 6.25. The zero-order valence-corrected chi connectivity index (χ0v) is 9.34. The summed E-state index contributed by atoms with van der Waals surface area (Å²) in [5, 5.41) is 0. The minimum atomic E-state index is 0.552. The highest BCUT2D eigenvalue weighted by Gasteiger charge is 1.95. The van der Waals surface area contributed by atoms with Gasteiger partial charge in [-0.15, -0.1) is 0 Å². The summed E-state index contributed by atoms with van der Waals surface area (Å²) in [6, 6.07) is 8.12. The van der Waals surface area contributed by atoms with Crippen LogP contribution in [-0.2, 0) is 6.42 Å². The highest BCUT2D eigenvalue weighted by Crippen LogP contribution is 2.14. The molecule has 2 heteroatoms. The van der Waals surface area contributed by atoms with Crippen molar-refractivity contribution in [3.8, 4) is 5.75 Å². The lowest BCUT2D eigenvalue weighted by molar-refractivity contribution is 0.352. The summed E-state index contributed by atoms with van der Waals surface area (Å²) in [6.45, 7) is 4.62. The van der Waals surface area contributed by atoms with Crippen LogP contribution in [0.1, 0.15) is 19.4 Å². The first-order valence-electron chi connectivity index (χ1n) is 4.74. The maximum absolute atomic E-state index is 5.55. The quantitative estimate of drug-likeness (QED) is 0.735. The summed E-state index contributed by atoms with van der Waals surface area (Å²) < 4.78 is 5.55. The van der Waals surface area contributed by atoms with Gasteiger partial charge in [0.15, 0.2) is 0 Å². The van der Waals surface area contributed by atoms with Crippen molar-refractivity contribution in [3.63, 3.8) is 0 Å². The Labute approximate surface area is 90.3 Å². The van der Waals surface area contributed by atoms with E-state index in [0.717, 1.165) is 17.7 Å². The zero-order chi connectivity index (χ0) is 10.4. The van der Waals surface area contributed by atoms with Crippen molar-refractivity contribution in [2.24, 2.45) is 0 Å². The molecule has 1 nitrogen and oxygen atoms in total. The van der Waals surface area contributed by atoms with Gasteiger partial charge >= 0.3 is 0 Å². The van der Waals surface area contributed by atoms with Crippen LogP contribution in [0.25, 0.3) is 0 Å². The molecule has 0 aliphatic heterocycles. The normalized spacial score (nSPS) is 11.5. The Hall–Kier alpha value is -0.950. The number of aryl methyl sites for hydroxylation is 1. The fourth-order valence-corrected chi connectivity index (χ4v) is 1.15. The maximum atomic E-state index is 5.55. The van der Waals surface area contributed by atoms with Gasteiger partial charge in [0.2, 0.25) is 0 Å². The molecular weight excluding hydrogens is 196 g/mol. The molecule has 0 aromatic heterocycles. The van der Waals surface area contributed by atoms with Crippen molar-refractivity contribution in [2.75, 3.05) is 6.61 Å². The number of hydrogen-bond acceptors (Lipinski definition) is 1. The monoisotopic (exact) mass is 210 g/mol. The van der Waals surface area contributed by atoms with Gasteiger partial charge in [0.05, 0.1) is 0 Å². The fourth-order valence-electron chi connectivity index (χ4n) is 1.08. The summed E-state index contributed by atoms with van der Waals surface area (Å²) >= 11 is 5.53. The Kier molecular flexibility index (Phi) is 4.54.